The first-order chi connectivity index (χ1) is 16.2. The number of alkyl halides is 6. The molecule has 2 fully saturated rings. The number of aliphatic hydroxyl groups is 1. The molecule has 186 valence electrons. The van der Waals surface area contributed by atoms with Gasteiger partial charge >= 0.3 is 12.4 Å². The summed E-state index contributed by atoms with van der Waals surface area (Å²) in [7, 11) is 0. The number of aliphatic hydroxyl groups excluding tert-OH is 1. The maximum absolute atomic E-state index is 13.4. The Morgan fingerprint density at radius 1 is 0.914 bits per heavy atom. The van der Waals surface area contributed by atoms with Crippen molar-refractivity contribution in [3.05, 3.63) is 69.2 Å². The molecular weight excluding hydrogens is 476 g/mol. The number of carbonyl (C=O) groups excluding carboxylic acids is 1. The van der Waals surface area contributed by atoms with Gasteiger partial charge in [0.05, 0.1) is 29.6 Å². The minimum atomic E-state index is -5.07. The number of aryl methyl sites for hydroxylation is 3. The van der Waals surface area contributed by atoms with Gasteiger partial charge < -0.3 is 9.84 Å². The fourth-order valence-corrected chi connectivity index (χ4v) is 6.06. The minimum Gasteiger partial charge on any atom is -0.511 e. The molecule has 3 heterocycles. The highest BCUT2D eigenvalue weighted by atomic mass is 19.4. The minimum absolute atomic E-state index is 0.0720. The van der Waals surface area contributed by atoms with Crippen LogP contribution < -0.4 is 0 Å². The summed E-state index contributed by atoms with van der Waals surface area (Å²) < 4.78 is 85.8. The van der Waals surface area contributed by atoms with Crippen molar-refractivity contribution in [2.24, 2.45) is 11.8 Å². The SMILES string of the molecule is Cc1cc(C)c(C2=C(O)[C@@H]3[C@@H]4O[C@@H](C[C@H]4c4cc(C(F)(F)F)nc(C(F)(F)F)c4)[C@@H]3C2=O)c(C)c1. The van der Waals surface area contributed by atoms with Gasteiger partial charge in [-0.1, -0.05) is 17.7 Å². The number of hydrogen-bond acceptors (Lipinski definition) is 4. The number of Topliss-reactive ketones (excluding diaryl/α,β-unsaturated/α-hetero) is 1. The van der Waals surface area contributed by atoms with Gasteiger partial charge in [0.15, 0.2) is 5.78 Å². The molecule has 1 aromatic heterocycles. The van der Waals surface area contributed by atoms with E-state index in [0.29, 0.717) is 17.7 Å². The lowest BCUT2D eigenvalue weighted by Crippen LogP contribution is -2.34. The largest absolute Gasteiger partial charge is 0.511 e. The Bertz CT molecular complexity index is 1220. The van der Waals surface area contributed by atoms with Crippen molar-refractivity contribution in [1.29, 1.82) is 0 Å². The van der Waals surface area contributed by atoms with Gasteiger partial charge in [0.25, 0.3) is 0 Å². The molecule has 0 spiro atoms. The Hall–Kier alpha value is -2.88. The van der Waals surface area contributed by atoms with Crippen LogP contribution in [0.5, 0.6) is 0 Å². The summed E-state index contributed by atoms with van der Waals surface area (Å²) in [5.41, 5.74) is -0.173. The number of hydrogen-bond donors (Lipinski definition) is 1. The van der Waals surface area contributed by atoms with Crippen LogP contribution in [0.4, 0.5) is 26.3 Å². The average Bonchev–Trinajstić information content (AvgIpc) is 3.39. The Morgan fingerprint density at radius 3 is 1.97 bits per heavy atom. The maximum atomic E-state index is 13.4. The average molecular weight is 497 g/mol. The zero-order valence-electron chi connectivity index (χ0n) is 18.9. The second-order valence-corrected chi connectivity index (χ2v) is 9.60. The molecule has 5 atom stereocenters. The highest BCUT2D eigenvalue weighted by Gasteiger charge is 2.63. The predicted molar refractivity (Wildman–Crippen MR) is 112 cm³/mol. The Kier molecular flexibility index (Phi) is 5.15. The van der Waals surface area contributed by atoms with Crippen molar-refractivity contribution in [2.75, 3.05) is 0 Å². The van der Waals surface area contributed by atoms with E-state index in [1.54, 1.807) is 0 Å². The van der Waals surface area contributed by atoms with Crippen molar-refractivity contribution < 1.29 is 41.0 Å². The molecule has 0 saturated carbocycles. The summed E-state index contributed by atoms with van der Waals surface area (Å²) in [6.07, 6.45) is -11.7. The number of benzene rings is 1. The number of pyridine rings is 1. The lowest BCUT2D eigenvalue weighted by atomic mass is 9.72. The molecule has 1 aliphatic carbocycles. The van der Waals surface area contributed by atoms with Crippen molar-refractivity contribution in [3.8, 4) is 0 Å². The van der Waals surface area contributed by atoms with Gasteiger partial charge in [0.2, 0.25) is 0 Å². The van der Waals surface area contributed by atoms with E-state index in [4.69, 9.17) is 4.74 Å². The van der Waals surface area contributed by atoms with Crippen LogP contribution in [0.2, 0.25) is 0 Å². The molecular formula is C25H21F6NO3. The molecule has 2 aromatic rings. The summed E-state index contributed by atoms with van der Waals surface area (Å²) in [4.78, 5) is 16.2. The second-order valence-electron chi connectivity index (χ2n) is 9.60. The quantitative estimate of drug-likeness (QED) is 0.511. The van der Waals surface area contributed by atoms with Crippen LogP contribution in [0.3, 0.4) is 0 Å². The summed E-state index contributed by atoms with van der Waals surface area (Å²) in [5, 5.41) is 11.2. The van der Waals surface area contributed by atoms with Crippen LogP contribution in [0.25, 0.3) is 5.57 Å². The van der Waals surface area contributed by atoms with Crippen molar-refractivity contribution >= 4 is 11.4 Å². The number of nitrogens with zero attached hydrogens (tertiary/aromatic N) is 1. The van der Waals surface area contributed by atoms with Gasteiger partial charge in [-0.05, 0) is 61.6 Å². The number of carbonyl (C=O) groups is 1. The summed E-state index contributed by atoms with van der Waals surface area (Å²) in [6, 6.07) is 4.97. The first-order valence-corrected chi connectivity index (χ1v) is 11.1. The third kappa shape index (κ3) is 3.64. The van der Waals surface area contributed by atoms with Crippen LogP contribution >= 0.6 is 0 Å². The zero-order chi connectivity index (χ0) is 25.6. The smallest absolute Gasteiger partial charge is 0.433 e. The van der Waals surface area contributed by atoms with E-state index < -0.39 is 53.7 Å². The highest BCUT2D eigenvalue weighted by molar-refractivity contribution is 6.26. The molecule has 1 N–H and O–H groups in total. The Labute approximate surface area is 196 Å². The van der Waals surface area contributed by atoms with Crippen LogP contribution in [0.15, 0.2) is 30.0 Å². The number of fused-ring (bicyclic) bond motifs is 5. The molecule has 5 rings (SSSR count). The van der Waals surface area contributed by atoms with Gasteiger partial charge in [-0.3, -0.25) is 4.79 Å². The number of halogens is 6. The zero-order valence-corrected chi connectivity index (χ0v) is 18.9. The van der Waals surface area contributed by atoms with E-state index in [0.717, 1.165) is 16.7 Å². The van der Waals surface area contributed by atoms with Crippen LogP contribution in [-0.4, -0.2) is 28.1 Å². The topological polar surface area (TPSA) is 59.4 Å². The normalized spacial score (nSPS) is 28.3. The van der Waals surface area contributed by atoms with Gasteiger partial charge in [0, 0.05) is 5.92 Å². The predicted octanol–water partition coefficient (Wildman–Crippen LogP) is 6.08. The third-order valence-corrected chi connectivity index (χ3v) is 7.26. The summed E-state index contributed by atoms with van der Waals surface area (Å²) in [5.74, 6) is -2.94. The monoisotopic (exact) mass is 497 g/mol. The van der Waals surface area contributed by atoms with Gasteiger partial charge in [0.1, 0.15) is 17.1 Å². The van der Waals surface area contributed by atoms with Crippen molar-refractivity contribution in [3.63, 3.8) is 0 Å². The molecule has 10 heteroatoms. The van der Waals surface area contributed by atoms with Gasteiger partial charge in [-0.25, -0.2) is 4.98 Å². The number of ether oxygens (including phenoxy) is 1. The molecule has 2 aliphatic heterocycles. The number of ketones is 1. The number of rotatable bonds is 2. The molecule has 2 bridgehead atoms. The molecule has 0 amide bonds. The molecule has 4 nitrogen and oxygen atoms in total. The third-order valence-electron chi connectivity index (χ3n) is 7.26. The van der Waals surface area contributed by atoms with E-state index in [1.165, 1.54) is 0 Å². The first kappa shape index (κ1) is 23.8. The fourth-order valence-electron chi connectivity index (χ4n) is 6.06. The molecule has 2 saturated heterocycles. The second kappa shape index (κ2) is 7.56. The lowest BCUT2D eigenvalue weighted by Gasteiger charge is -2.28. The number of aromatic nitrogens is 1. The summed E-state index contributed by atoms with van der Waals surface area (Å²) >= 11 is 0. The van der Waals surface area contributed by atoms with Gasteiger partial charge in [-0.2, -0.15) is 26.3 Å². The van der Waals surface area contributed by atoms with Crippen molar-refractivity contribution in [1.82, 2.24) is 4.98 Å². The molecule has 35 heavy (non-hydrogen) atoms. The van der Waals surface area contributed by atoms with Crippen molar-refractivity contribution in [2.45, 2.75) is 57.7 Å². The van der Waals surface area contributed by atoms with E-state index in [9.17, 15) is 36.2 Å². The maximum Gasteiger partial charge on any atom is 0.433 e. The van der Waals surface area contributed by atoms with E-state index >= 15 is 0 Å². The molecule has 1 aromatic carbocycles. The Morgan fingerprint density at radius 2 is 1.46 bits per heavy atom. The highest BCUT2D eigenvalue weighted by Crippen LogP contribution is 2.58. The fraction of sp³-hybridized carbons (Fsp3) is 0.440. The molecule has 0 radical (unpaired) electrons. The van der Waals surface area contributed by atoms with E-state index in [1.807, 2.05) is 32.9 Å². The lowest BCUT2D eigenvalue weighted by molar-refractivity contribution is -0.150. The summed E-state index contributed by atoms with van der Waals surface area (Å²) in [6.45, 7) is 5.54. The first-order valence-electron chi connectivity index (χ1n) is 11.1. The molecule has 0 unspecified atom stereocenters. The molecule has 3 aliphatic rings. The van der Waals surface area contributed by atoms with Crippen LogP contribution in [0.1, 0.15) is 51.5 Å². The van der Waals surface area contributed by atoms with Gasteiger partial charge in [-0.15, -0.1) is 0 Å². The van der Waals surface area contributed by atoms with E-state index in [-0.39, 0.29) is 29.1 Å². The van der Waals surface area contributed by atoms with E-state index in [2.05, 4.69) is 4.98 Å². The van der Waals surface area contributed by atoms with Crippen LogP contribution in [-0.2, 0) is 21.9 Å². The number of allylic oxidation sites excluding steroid dienone is 1. The standard InChI is InChI=1S/C25H21F6NO3/c1-9-4-10(2)17(11(3)5-9)19-21(33)18-14-8-13(23(35-14)20(18)22(19)34)12-6-15(24(26,27)28)32-16(7-12)25(29,30)31/h4-7,13-14,18,20,23,34H,8H2,1-3H3/t13-,14-,18-,20+,23+/m0/s1. The van der Waals surface area contributed by atoms with Crippen LogP contribution in [0, 0.1) is 32.6 Å². The Balaban J connectivity index is 1.58.